The van der Waals surface area contributed by atoms with Crippen molar-refractivity contribution in [2.24, 2.45) is 17.8 Å². The zero-order valence-corrected chi connectivity index (χ0v) is 11.1. The molecule has 3 atom stereocenters. The Morgan fingerprint density at radius 3 is 2.40 bits per heavy atom. The number of rotatable bonds is 4. The van der Waals surface area contributed by atoms with E-state index in [0.717, 1.165) is 23.8 Å². The van der Waals surface area contributed by atoms with Gasteiger partial charge < -0.3 is 10.2 Å². The molecule has 1 rings (SSSR count). The molecular weight excluding hydrogens is 184 g/mol. The van der Waals surface area contributed by atoms with E-state index < -0.39 is 0 Å². The van der Waals surface area contributed by atoms with Crippen molar-refractivity contribution in [2.45, 2.75) is 39.2 Å². The van der Waals surface area contributed by atoms with Gasteiger partial charge in [0.1, 0.15) is 0 Å². The van der Waals surface area contributed by atoms with Crippen molar-refractivity contribution < 1.29 is 0 Å². The number of hydrogen-bond donors (Lipinski definition) is 1. The summed E-state index contributed by atoms with van der Waals surface area (Å²) in [5, 5.41) is 3.49. The van der Waals surface area contributed by atoms with E-state index in [1.54, 1.807) is 0 Å². The molecule has 3 unspecified atom stereocenters. The monoisotopic (exact) mass is 212 g/mol. The van der Waals surface area contributed by atoms with Gasteiger partial charge in [-0.1, -0.05) is 13.8 Å². The summed E-state index contributed by atoms with van der Waals surface area (Å²) in [4.78, 5) is 2.33. The average molecular weight is 212 g/mol. The molecule has 1 aliphatic rings. The summed E-state index contributed by atoms with van der Waals surface area (Å²) >= 11 is 0. The number of nitrogens with zero attached hydrogens (tertiary/aromatic N) is 1. The lowest BCUT2D eigenvalue weighted by atomic mass is 9.73. The molecular formula is C13H28N2. The second-order valence-corrected chi connectivity index (χ2v) is 5.73. The molecule has 1 fully saturated rings. The van der Waals surface area contributed by atoms with E-state index in [1.165, 1.54) is 25.8 Å². The lowest BCUT2D eigenvalue weighted by Gasteiger charge is -2.39. The Morgan fingerprint density at radius 1 is 1.27 bits per heavy atom. The molecule has 1 aliphatic carbocycles. The molecule has 0 bridgehead atoms. The molecule has 0 aromatic carbocycles. The Morgan fingerprint density at radius 2 is 1.93 bits per heavy atom. The first-order valence-electron chi connectivity index (χ1n) is 6.36. The molecule has 0 aliphatic heterocycles. The maximum atomic E-state index is 3.49. The van der Waals surface area contributed by atoms with Gasteiger partial charge in [-0.3, -0.25) is 0 Å². The zero-order chi connectivity index (χ0) is 11.4. The summed E-state index contributed by atoms with van der Waals surface area (Å²) in [7, 11) is 6.49. The van der Waals surface area contributed by atoms with Crippen molar-refractivity contribution in [3.8, 4) is 0 Å². The van der Waals surface area contributed by atoms with Crippen LogP contribution in [-0.2, 0) is 0 Å². The van der Waals surface area contributed by atoms with Crippen LogP contribution >= 0.6 is 0 Å². The summed E-state index contributed by atoms with van der Waals surface area (Å²) in [6, 6.07) is 0.738. The Labute approximate surface area is 95.4 Å². The molecule has 0 amide bonds. The molecule has 1 saturated carbocycles. The molecule has 2 nitrogen and oxygen atoms in total. The second kappa shape index (κ2) is 5.86. The van der Waals surface area contributed by atoms with Gasteiger partial charge in [-0.05, 0) is 58.2 Å². The highest BCUT2D eigenvalue weighted by Crippen LogP contribution is 2.34. The van der Waals surface area contributed by atoms with Crippen LogP contribution in [0.4, 0.5) is 0 Å². The fourth-order valence-corrected chi connectivity index (χ4v) is 2.96. The van der Waals surface area contributed by atoms with E-state index in [1.807, 2.05) is 0 Å². The third-order valence-corrected chi connectivity index (χ3v) is 3.94. The minimum atomic E-state index is 0.738. The number of hydrogen-bond acceptors (Lipinski definition) is 2. The van der Waals surface area contributed by atoms with Gasteiger partial charge in [-0.15, -0.1) is 0 Å². The van der Waals surface area contributed by atoms with Crippen LogP contribution in [0.3, 0.4) is 0 Å². The lowest BCUT2D eigenvalue weighted by Crippen LogP contribution is -2.43. The quantitative estimate of drug-likeness (QED) is 0.768. The molecule has 0 heterocycles. The Bertz CT molecular complexity index is 177. The van der Waals surface area contributed by atoms with Gasteiger partial charge in [0.2, 0.25) is 0 Å². The fourth-order valence-electron chi connectivity index (χ4n) is 2.96. The number of nitrogens with one attached hydrogen (secondary N) is 1. The van der Waals surface area contributed by atoms with Gasteiger partial charge in [-0.25, -0.2) is 0 Å². The van der Waals surface area contributed by atoms with Crippen molar-refractivity contribution in [1.29, 1.82) is 0 Å². The normalized spacial score (nSPS) is 32.6. The summed E-state index contributed by atoms with van der Waals surface area (Å²) in [6.07, 6.45) is 4.17. The van der Waals surface area contributed by atoms with Crippen molar-refractivity contribution >= 4 is 0 Å². The van der Waals surface area contributed by atoms with Crippen LogP contribution in [0.5, 0.6) is 0 Å². The highest BCUT2D eigenvalue weighted by molar-refractivity contribution is 4.86. The molecule has 1 N–H and O–H groups in total. The lowest BCUT2D eigenvalue weighted by molar-refractivity contribution is 0.145. The smallest absolute Gasteiger partial charge is 0.0105 e. The molecule has 0 aromatic heterocycles. The van der Waals surface area contributed by atoms with E-state index in [4.69, 9.17) is 0 Å². The van der Waals surface area contributed by atoms with Crippen LogP contribution in [0.1, 0.15) is 33.1 Å². The molecule has 15 heavy (non-hydrogen) atoms. The third-order valence-electron chi connectivity index (χ3n) is 3.94. The maximum Gasteiger partial charge on any atom is 0.0105 e. The molecule has 0 saturated heterocycles. The van der Waals surface area contributed by atoms with Gasteiger partial charge in [0, 0.05) is 12.6 Å². The second-order valence-electron chi connectivity index (χ2n) is 5.73. The van der Waals surface area contributed by atoms with Gasteiger partial charge in [-0.2, -0.15) is 0 Å². The largest absolute Gasteiger partial charge is 0.317 e. The van der Waals surface area contributed by atoms with Crippen LogP contribution < -0.4 is 5.32 Å². The summed E-state index contributed by atoms with van der Waals surface area (Å²) in [5.74, 6) is 2.64. The van der Waals surface area contributed by atoms with Crippen molar-refractivity contribution in [2.75, 3.05) is 27.7 Å². The molecule has 90 valence electrons. The third kappa shape index (κ3) is 3.76. The van der Waals surface area contributed by atoms with E-state index in [-0.39, 0.29) is 0 Å². The van der Waals surface area contributed by atoms with Crippen molar-refractivity contribution in [1.82, 2.24) is 10.2 Å². The van der Waals surface area contributed by atoms with E-state index in [9.17, 15) is 0 Å². The highest BCUT2D eigenvalue weighted by Gasteiger charge is 2.30. The summed E-state index contributed by atoms with van der Waals surface area (Å²) in [6.45, 7) is 5.98. The van der Waals surface area contributed by atoms with Gasteiger partial charge in [0.05, 0.1) is 0 Å². The first-order chi connectivity index (χ1) is 7.04. The van der Waals surface area contributed by atoms with Crippen LogP contribution in [0.25, 0.3) is 0 Å². The first kappa shape index (κ1) is 13.0. The van der Waals surface area contributed by atoms with E-state index >= 15 is 0 Å². The van der Waals surface area contributed by atoms with E-state index in [0.29, 0.717) is 0 Å². The van der Waals surface area contributed by atoms with Gasteiger partial charge in [0.25, 0.3) is 0 Å². The fraction of sp³-hybridized carbons (Fsp3) is 1.00. The van der Waals surface area contributed by atoms with Crippen LogP contribution in [0.15, 0.2) is 0 Å². The predicted molar refractivity (Wildman–Crippen MR) is 67.1 cm³/mol. The van der Waals surface area contributed by atoms with Crippen molar-refractivity contribution in [3.63, 3.8) is 0 Å². The minimum Gasteiger partial charge on any atom is -0.317 e. The van der Waals surface area contributed by atoms with Crippen LogP contribution in [-0.4, -0.2) is 38.6 Å². The van der Waals surface area contributed by atoms with Crippen LogP contribution in [0, 0.1) is 17.8 Å². The van der Waals surface area contributed by atoms with Crippen LogP contribution in [0.2, 0.25) is 0 Å². The van der Waals surface area contributed by atoms with Crippen molar-refractivity contribution in [3.05, 3.63) is 0 Å². The first-order valence-corrected chi connectivity index (χ1v) is 6.36. The maximum absolute atomic E-state index is 3.49. The minimum absolute atomic E-state index is 0.738. The summed E-state index contributed by atoms with van der Waals surface area (Å²) in [5.41, 5.74) is 0. The predicted octanol–water partition coefficient (Wildman–Crippen LogP) is 2.21. The Kier molecular flexibility index (Phi) is 5.07. The molecule has 0 radical (unpaired) electrons. The molecule has 0 aromatic rings. The Hall–Kier alpha value is -0.0800. The SMILES string of the molecule is CNC1CCC(C(C)C)CC1CN(C)C. The van der Waals surface area contributed by atoms with E-state index in [2.05, 4.69) is 45.2 Å². The standard InChI is InChI=1S/C13H28N2/c1-10(2)11-6-7-13(14-3)12(8-11)9-15(4)5/h10-14H,6-9H2,1-5H3. The highest BCUT2D eigenvalue weighted by atomic mass is 15.1. The summed E-state index contributed by atoms with van der Waals surface area (Å²) < 4.78 is 0. The van der Waals surface area contributed by atoms with Gasteiger partial charge in [0.15, 0.2) is 0 Å². The van der Waals surface area contributed by atoms with Gasteiger partial charge >= 0.3 is 0 Å². The topological polar surface area (TPSA) is 15.3 Å². The molecule has 0 spiro atoms. The average Bonchev–Trinajstić information content (AvgIpc) is 2.16. The Balaban J connectivity index is 2.53. The zero-order valence-electron chi connectivity index (χ0n) is 11.1. The molecule has 2 heteroatoms.